The number of nitrogens with zero attached hydrogens (tertiary/aromatic N) is 2. The molecule has 7 nitrogen and oxygen atoms in total. The van der Waals surface area contributed by atoms with E-state index in [1.807, 2.05) is 49.4 Å². The summed E-state index contributed by atoms with van der Waals surface area (Å²) in [7, 11) is 0. The Labute approximate surface area is 190 Å². The SMILES string of the molecule is CCOc1ccc(N=Cc2c(O)n(Cc3ccc4c(c3)OCO4)c(=O)c3ccccc23)cc1. The number of hydrogen-bond donors (Lipinski definition) is 1. The molecule has 3 aromatic carbocycles. The lowest BCUT2D eigenvalue weighted by Gasteiger charge is -2.14. The average Bonchev–Trinajstić information content (AvgIpc) is 3.31. The van der Waals surface area contributed by atoms with Crippen molar-refractivity contribution in [2.24, 2.45) is 4.99 Å². The normalized spacial score (nSPS) is 12.5. The predicted molar refractivity (Wildman–Crippen MR) is 126 cm³/mol. The van der Waals surface area contributed by atoms with Crippen LogP contribution in [-0.2, 0) is 6.54 Å². The van der Waals surface area contributed by atoms with Crippen LogP contribution in [0.15, 0.2) is 76.5 Å². The first-order valence-corrected chi connectivity index (χ1v) is 10.6. The number of fused-ring (bicyclic) bond motifs is 2. The van der Waals surface area contributed by atoms with Gasteiger partial charge in [-0.15, -0.1) is 0 Å². The van der Waals surface area contributed by atoms with E-state index in [1.54, 1.807) is 30.5 Å². The van der Waals surface area contributed by atoms with E-state index >= 15 is 0 Å². The van der Waals surface area contributed by atoms with Crippen LogP contribution in [-0.4, -0.2) is 29.3 Å². The number of aromatic hydroxyl groups is 1. The van der Waals surface area contributed by atoms with E-state index in [2.05, 4.69) is 4.99 Å². The van der Waals surface area contributed by atoms with Crippen LogP contribution in [0.5, 0.6) is 23.1 Å². The fourth-order valence-electron chi connectivity index (χ4n) is 3.84. The molecule has 0 radical (unpaired) electrons. The molecule has 0 fully saturated rings. The van der Waals surface area contributed by atoms with Gasteiger partial charge in [-0.25, -0.2) is 0 Å². The molecule has 2 heterocycles. The fraction of sp³-hybridized carbons (Fsp3) is 0.154. The Morgan fingerprint density at radius 2 is 1.79 bits per heavy atom. The molecule has 1 aromatic heterocycles. The zero-order chi connectivity index (χ0) is 22.8. The lowest BCUT2D eigenvalue weighted by atomic mass is 10.1. The maximum Gasteiger partial charge on any atom is 0.261 e. The number of rotatable bonds is 6. The summed E-state index contributed by atoms with van der Waals surface area (Å²) in [5, 5.41) is 12.2. The van der Waals surface area contributed by atoms with E-state index in [9.17, 15) is 9.90 Å². The minimum absolute atomic E-state index is 0.147. The lowest BCUT2D eigenvalue weighted by Crippen LogP contribution is -2.22. The van der Waals surface area contributed by atoms with Crippen LogP contribution in [0.2, 0.25) is 0 Å². The van der Waals surface area contributed by atoms with Gasteiger partial charge in [-0.3, -0.25) is 14.4 Å². The summed E-state index contributed by atoms with van der Waals surface area (Å²) >= 11 is 0. The van der Waals surface area contributed by atoms with Crippen molar-refractivity contribution in [3.05, 3.63) is 88.2 Å². The second-order valence-electron chi connectivity index (χ2n) is 7.55. The quantitative estimate of drug-likeness (QED) is 0.440. The summed E-state index contributed by atoms with van der Waals surface area (Å²) in [5.74, 6) is 1.91. The highest BCUT2D eigenvalue weighted by Crippen LogP contribution is 2.33. The molecule has 4 aromatic rings. The first-order chi connectivity index (χ1) is 16.1. The summed E-state index contributed by atoms with van der Waals surface area (Å²) in [4.78, 5) is 17.7. The van der Waals surface area contributed by atoms with Gasteiger partial charge in [0.15, 0.2) is 11.5 Å². The number of benzene rings is 3. The minimum atomic E-state index is -0.279. The highest BCUT2D eigenvalue weighted by Gasteiger charge is 2.17. The molecule has 0 unspecified atom stereocenters. The van der Waals surface area contributed by atoms with Crippen LogP contribution in [0.1, 0.15) is 18.1 Å². The molecule has 1 aliphatic heterocycles. The van der Waals surface area contributed by atoms with E-state index in [4.69, 9.17) is 14.2 Å². The van der Waals surface area contributed by atoms with Gasteiger partial charge >= 0.3 is 0 Å². The van der Waals surface area contributed by atoms with Crippen molar-refractivity contribution < 1.29 is 19.3 Å². The van der Waals surface area contributed by atoms with Crippen molar-refractivity contribution in [3.63, 3.8) is 0 Å². The van der Waals surface area contributed by atoms with E-state index < -0.39 is 0 Å². The maximum absolute atomic E-state index is 13.2. The third-order valence-corrected chi connectivity index (χ3v) is 5.46. The molecule has 0 aliphatic carbocycles. The van der Waals surface area contributed by atoms with Gasteiger partial charge in [-0.1, -0.05) is 24.3 Å². The molecule has 33 heavy (non-hydrogen) atoms. The van der Waals surface area contributed by atoms with E-state index in [1.165, 1.54) is 4.57 Å². The number of aliphatic imine (C=N–C) groups is 1. The summed E-state index contributed by atoms with van der Waals surface area (Å²) in [6, 6.07) is 20.0. The predicted octanol–water partition coefficient (Wildman–Crippen LogP) is 4.63. The van der Waals surface area contributed by atoms with Gasteiger partial charge in [-0.05, 0) is 55.0 Å². The highest BCUT2D eigenvalue weighted by molar-refractivity contribution is 6.02. The van der Waals surface area contributed by atoms with Crippen molar-refractivity contribution in [1.29, 1.82) is 0 Å². The van der Waals surface area contributed by atoms with Gasteiger partial charge in [0, 0.05) is 17.0 Å². The molecule has 0 saturated heterocycles. The van der Waals surface area contributed by atoms with Crippen molar-refractivity contribution >= 4 is 22.7 Å². The first kappa shape index (κ1) is 20.6. The van der Waals surface area contributed by atoms with Crippen LogP contribution in [0, 0.1) is 0 Å². The standard InChI is InChI=1S/C26H22N2O5/c1-2-31-19-10-8-18(9-11-19)27-14-22-20-5-3-4-6-21(20)25(29)28(26(22)30)15-17-7-12-23-24(13-17)33-16-32-23/h3-14,30H,2,15-16H2,1H3. The van der Waals surface area contributed by atoms with Crippen LogP contribution >= 0.6 is 0 Å². The third kappa shape index (κ3) is 4.01. The Kier molecular flexibility index (Phi) is 5.44. The molecule has 166 valence electrons. The Morgan fingerprint density at radius 3 is 2.58 bits per heavy atom. The molecule has 1 aliphatic rings. The molecule has 1 N–H and O–H groups in total. The number of pyridine rings is 1. The molecular formula is C26H22N2O5. The van der Waals surface area contributed by atoms with Gasteiger partial charge < -0.3 is 19.3 Å². The zero-order valence-electron chi connectivity index (χ0n) is 18.0. The number of aromatic nitrogens is 1. The summed E-state index contributed by atoms with van der Waals surface area (Å²) in [6.07, 6.45) is 1.59. The molecule has 0 atom stereocenters. The Bertz CT molecular complexity index is 1410. The fourth-order valence-corrected chi connectivity index (χ4v) is 3.84. The third-order valence-electron chi connectivity index (χ3n) is 5.46. The van der Waals surface area contributed by atoms with E-state index in [-0.39, 0.29) is 24.8 Å². The number of hydrogen-bond acceptors (Lipinski definition) is 6. The van der Waals surface area contributed by atoms with Crippen LogP contribution in [0.25, 0.3) is 10.8 Å². The van der Waals surface area contributed by atoms with Crippen LogP contribution < -0.4 is 19.8 Å². The van der Waals surface area contributed by atoms with Gasteiger partial charge in [0.1, 0.15) is 5.75 Å². The molecule has 0 saturated carbocycles. The Balaban J connectivity index is 1.56. The average molecular weight is 442 g/mol. The molecule has 0 amide bonds. The highest BCUT2D eigenvalue weighted by atomic mass is 16.7. The monoisotopic (exact) mass is 442 g/mol. The second-order valence-corrected chi connectivity index (χ2v) is 7.55. The van der Waals surface area contributed by atoms with Gasteiger partial charge in [-0.2, -0.15) is 0 Å². The van der Waals surface area contributed by atoms with Crippen molar-refractivity contribution in [3.8, 4) is 23.1 Å². The Morgan fingerprint density at radius 1 is 1.03 bits per heavy atom. The van der Waals surface area contributed by atoms with Crippen molar-refractivity contribution in [2.75, 3.05) is 13.4 Å². The molecular weight excluding hydrogens is 420 g/mol. The summed E-state index contributed by atoms with van der Waals surface area (Å²) < 4.78 is 17.6. The van der Waals surface area contributed by atoms with Crippen LogP contribution in [0.3, 0.4) is 0 Å². The second kappa shape index (κ2) is 8.70. The Hall–Kier alpha value is -4.26. The largest absolute Gasteiger partial charge is 0.494 e. The first-order valence-electron chi connectivity index (χ1n) is 10.6. The topological polar surface area (TPSA) is 82.3 Å². The van der Waals surface area contributed by atoms with E-state index in [0.717, 1.165) is 11.3 Å². The maximum atomic E-state index is 13.2. The molecule has 7 heteroatoms. The molecule has 0 spiro atoms. The van der Waals surface area contributed by atoms with E-state index in [0.29, 0.717) is 40.1 Å². The van der Waals surface area contributed by atoms with Gasteiger partial charge in [0.05, 0.1) is 24.4 Å². The lowest BCUT2D eigenvalue weighted by molar-refractivity contribution is 0.174. The van der Waals surface area contributed by atoms with Crippen LogP contribution in [0.4, 0.5) is 5.69 Å². The minimum Gasteiger partial charge on any atom is -0.494 e. The molecule has 0 bridgehead atoms. The summed E-state index contributed by atoms with van der Waals surface area (Å²) in [5.41, 5.74) is 1.70. The summed E-state index contributed by atoms with van der Waals surface area (Å²) in [6.45, 7) is 2.87. The van der Waals surface area contributed by atoms with Gasteiger partial charge in [0.2, 0.25) is 12.7 Å². The number of ether oxygens (including phenoxy) is 3. The van der Waals surface area contributed by atoms with Gasteiger partial charge in [0.25, 0.3) is 5.56 Å². The smallest absolute Gasteiger partial charge is 0.261 e. The van der Waals surface area contributed by atoms with Crippen molar-refractivity contribution in [1.82, 2.24) is 4.57 Å². The zero-order valence-corrected chi connectivity index (χ0v) is 18.0. The molecule has 5 rings (SSSR count). The van der Waals surface area contributed by atoms with Crippen molar-refractivity contribution in [2.45, 2.75) is 13.5 Å².